The first-order valence-corrected chi connectivity index (χ1v) is 7.85. The molecule has 0 heterocycles. The van der Waals surface area contributed by atoms with E-state index in [1.54, 1.807) is 0 Å². The lowest BCUT2D eigenvalue weighted by atomic mass is 9.93. The van der Waals surface area contributed by atoms with E-state index in [0.29, 0.717) is 31.5 Å². The van der Waals surface area contributed by atoms with Crippen molar-refractivity contribution >= 4 is 5.71 Å². The highest BCUT2D eigenvalue weighted by atomic mass is 16.4. The zero-order valence-corrected chi connectivity index (χ0v) is 13.5. The summed E-state index contributed by atoms with van der Waals surface area (Å²) in [5.41, 5.74) is 6.72. The molecule has 0 aliphatic heterocycles. The summed E-state index contributed by atoms with van der Waals surface area (Å²) < 4.78 is 0. The van der Waals surface area contributed by atoms with Crippen LogP contribution in [0.1, 0.15) is 57.1 Å². The summed E-state index contributed by atoms with van der Waals surface area (Å²) in [6.07, 6.45) is 3.63. The molecule has 0 aromatic heterocycles. The highest BCUT2D eigenvalue weighted by Gasteiger charge is 2.21. The Morgan fingerprint density at radius 3 is 2.50 bits per heavy atom. The molecule has 4 N–H and O–H groups in total. The van der Waals surface area contributed by atoms with E-state index in [2.05, 4.69) is 17.0 Å². The third-order valence-electron chi connectivity index (χ3n) is 3.46. The zero-order chi connectivity index (χ0) is 16.4. The van der Waals surface area contributed by atoms with Crippen LogP contribution in [-0.2, 0) is 0 Å². The van der Waals surface area contributed by atoms with Gasteiger partial charge in [-0.2, -0.15) is 0 Å². The first kappa shape index (κ1) is 18.2. The van der Waals surface area contributed by atoms with E-state index >= 15 is 0 Å². The van der Waals surface area contributed by atoms with E-state index in [1.165, 1.54) is 0 Å². The summed E-state index contributed by atoms with van der Waals surface area (Å²) in [4.78, 5) is 0. The van der Waals surface area contributed by atoms with Crippen LogP contribution in [0.3, 0.4) is 0 Å². The molecule has 1 aromatic carbocycles. The Hall–Kier alpha value is -1.83. The van der Waals surface area contributed by atoms with Crippen molar-refractivity contribution < 1.29 is 10.3 Å². The van der Waals surface area contributed by atoms with Gasteiger partial charge in [-0.05, 0) is 31.5 Å². The summed E-state index contributed by atoms with van der Waals surface area (Å²) in [6.45, 7) is 4.50. The number of hydrogen-bond acceptors (Lipinski definition) is 4. The molecule has 4 nitrogen and oxygen atoms in total. The first-order chi connectivity index (χ1) is 10.6. The van der Waals surface area contributed by atoms with Crippen LogP contribution in [0.2, 0.25) is 0 Å². The molecule has 0 aliphatic carbocycles. The van der Waals surface area contributed by atoms with Gasteiger partial charge in [0.15, 0.2) is 0 Å². The fourth-order valence-electron chi connectivity index (χ4n) is 2.43. The average Bonchev–Trinajstić information content (AvgIpc) is 2.51. The Bertz CT molecular complexity index is 550. The topological polar surface area (TPSA) is 78.8 Å². The van der Waals surface area contributed by atoms with Crippen LogP contribution in [0.4, 0.5) is 0 Å². The molecule has 1 rings (SSSR count). The van der Waals surface area contributed by atoms with Gasteiger partial charge in [0.25, 0.3) is 0 Å². The summed E-state index contributed by atoms with van der Waals surface area (Å²) in [5, 5.41) is 22.9. The number of oxime groups is 1. The Morgan fingerprint density at radius 1 is 1.27 bits per heavy atom. The fourth-order valence-corrected chi connectivity index (χ4v) is 2.43. The van der Waals surface area contributed by atoms with Crippen LogP contribution >= 0.6 is 0 Å². The molecule has 0 saturated heterocycles. The monoisotopic (exact) mass is 302 g/mol. The molecule has 0 radical (unpaired) electrons. The van der Waals surface area contributed by atoms with Gasteiger partial charge in [0.2, 0.25) is 0 Å². The maximum atomic E-state index is 10.5. The molecule has 120 valence electrons. The third kappa shape index (κ3) is 5.51. The van der Waals surface area contributed by atoms with E-state index in [9.17, 15) is 5.11 Å². The normalized spacial score (nSPS) is 11.9. The van der Waals surface area contributed by atoms with Crippen LogP contribution in [0.25, 0.3) is 0 Å². The van der Waals surface area contributed by atoms with Gasteiger partial charge in [-0.3, -0.25) is 0 Å². The Morgan fingerprint density at radius 2 is 1.95 bits per heavy atom. The molecule has 0 unspecified atom stereocenters. The maximum absolute atomic E-state index is 10.5. The molecule has 0 amide bonds. The number of rotatable bonds is 7. The van der Waals surface area contributed by atoms with Crippen LogP contribution in [0.5, 0.6) is 0 Å². The molecule has 0 bridgehead atoms. The summed E-state index contributed by atoms with van der Waals surface area (Å²) in [6, 6.07) is 7.46. The van der Waals surface area contributed by atoms with Crippen molar-refractivity contribution in [3.63, 3.8) is 0 Å². The average molecular weight is 302 g/mol. The second kappa shape index (κ2) is 9.24. The summed E-state index contributed by atoms with van der Waals surface area (Å²) in [7, 11) is 0. The smallest absolute Gasteiger partial charge is 0.125 e. The molecule has 0 aliphatic rings. The number of benzene rings is 1. The number of nitrogens with zero attached hydrogens (tertiary/aromatic N) is 1. The van der Waals surface area contributed by atoms with E-state index in [-0.39, 0.29) is 0 Å². The maximum Gasteiger partial charge on any atom is 0.125 e. The lowest BCUT2D eigenvalue weighted by Gasteiger charge is -2.20. The van der Waals surface area contributed by atoms with Crippen molar-refractivity contribution in [2.45, 2.75) is 51.6 Å². The molecule has 0 fully saturated rings. The minimum Gasteiger partial charge on any atom is -0.411 e. The van der Waals surface area contributed by atoms with Gasteiger partial charge in [0, 0.05) is 17.5 Å². The van der Waals surface area contributed by atoms with E-state index in [4.69, 9.17) is 10.9 Å². The van der Waals surface area contributed by atoms with E-state index in [0.717, 1.165) is 24.0 Å². The molecule has 0 saturated carbocycles. The Balaban J connectivity index is 3.02. The SMILES string of the molecule is CCCC(O)(C#Cc1cccc(/C(CCN)=N/O)c1)CCC. The van der Waals surface area contributed by atoms with Crippen LogP contribution in [-0.4, -0.2) is 28.2 Å². The van der Waals surface area contributed by atoms with Gasteiger partial charge < -0.3 is 16.0 Å². The van der Waals surface area contributed by atoms with Crippen molar-refractivity contribution in [2.24, 2.45) is 10.9 Å². The lowest BCUT2D eigenvalue weighted by molar-refractivity contribution is 0.0807. The van der Waals surface area contributed by atoms with Gasteiger partial charge in [-0.1, -0.05) is 55.8 Å². The highest BCUT2D eigenvalue weighted by Crippen LogP contribution is 2.18. The fraction of sp³-hybridized carbons (Fsp3) is 0.500. The Labute approximate surface area is 133 Å². The standard InChI is InChI=1S/C18H26N2O2/c1-3-10-18(21,11-4-2)12-8-15-6-5-7-16(14-15)17(20-22)9-13-19/h5-7,14,21-22H,3-4,9-11,13,19H2,1-2H3/b20-17+. The largest absolute Gasteiger partial charge is 0.411 e. The molecule has 0 spiro atoms. The second-order valence-electron chi connectivity index (χ2n) is 5.45. The van der Waals surface area contributed by atoms with Gasteiger partial charge >= 0.3 is 0 Å². The van der Waals surface area contributed by atoms with Crippen LogP contribution < -0.4 is 5.73 Å². The van der Waals surface area contributed by atoms with Crippen LogP contribution in [0.15, 0.2) is 29.4 Å². The third-order valence-corrected chi connectivity index (χ3v) is 3.46. The van der Waals surface area contributed by atoms with Crippen molar-refractivity contribution in [1.29, 1.82) is 0 Å². The lowest BCUT2D eigenvalue weighted by Crippen LogP contribution is -2.25. The number of aliphatic hydroxyl groups is 1. The molecular formula is C18H26N2O2. The number of hydrogen-bond donors (Lipinski definition) is 3. The predicted octanol–water partition coefficient (Wildman–Crippen LogP) is 2.90. The minimum absolute atomic E-state index is 0.419. The zero-order valence-electron chi connectivity index (χ0n) is 13.5. The quantitative estimate of drug-likeness (QED) is 0.313. The minimum atomic E-state index is -0.926. The molecule has 4 heteroatoms. The number of nitrogens with two attached hydrogens (primary N) is 1. The van der Waals surface area contributed by atoms with E-state index < -0.39 is 5.60 Å². The Kier molecular flexibility index (Phi) is 7.65. The van der Waals surface area contributed by atoms with Crippen LogP contribution in [0, 0.1) is 11.8 Å². The van der Waals surface area contributed by atoms with Crippen molar-refractivity contribution in [1.82, 2.24) is 0 Å². The summed E-state index contributed by atoms with van der Waals surface area (Å²) in [5.74, 6) is 6.06. The van der Waals surface area contributed by atoms with Crippen molar-refractivity contribution in [3.8, 4) is 11.8 Å². The summed E-state index contributed by atoms with van der Waals surface area (Å²) >= 11 is 0. The highest BCUT2D eigenvalue weighted by molar-refractivity contribution is 6.00. The molecule has 0 atom stereocenters. The molecular weight excluding hydrogens is 276 g/mol. The van der Waals surface area contributed by atoms with Crippen molar-refractivity contribution in [2.75, 3.05) is 6.54 Å². The second-order valence-corrected chi connectivity index (χ2v) is 5.45. The molecule has 1 aromatic rings. The predicted molar refractivity (Wildman–Crippen MR) is 90.1 cm³/mol. The molecule has 22 heavy (non-hydrogen) atoms. The van der Waals surface area contributed by atoms with Gasteiger partial charge in [-0.25, -0.2) is 0 Å². The van der Waals surface area contributed by atoms with Gasteiger partial charge in [0.05, 0.1) is 5.71 Å². The first-order valence-electron chi connectivity index (χ1n) is 7.85. The van der Waals surface area contributed by atoms with Gasteiger partial charge in [-0.15, -0.1) is 0 Å². The van der Waals surface area contributed by atoms with Crippen molar-refractivity contribution in [3.05, 3.63) is 35.4 Å². The van der Waals surface area contributed by atoms with Gasteiger partial charge in [0.1, 0.15) is 5.60 Å². The van der Waals surface area contributed by atoms with E-state index in [1.807, 2.05) is 38.1 Å².